The normalized spacial score (nSPS) is 23.2. The fraction of sp³-hybridized carbons (Fsp3) is 0.435. The number of rotatable bonds is 4. The quantitative estimate of drug-likeness (QED) is 0.645. The van der Waals surface area contributed by atoms with Gasteiger partial charge in [0, 0.05) is 30.1 Å². The van der Waals surface area contributed by atoms with E-state index in [9.17, 15) is 18.0 Å². The van der Waals surface area contributed by atoms with Crippen molar-refractivity contribution in [2.45, 2.75) is 39.0 Å². The predicted octanol–water partition coefficient (Wildman–Crippen LogP) is 4.42. The molecule has 4 atom stereocenters. The molecule has 0 bridgehead atoms. The maximum absolute atomic E-state index is 13.4. The van der Waals surface area contributed by atoms with Crippen LogP contribution < -0.4 is 10.9 Å². The Bertz CT molecular complexity index is 1260. The number of anilines is 1. The minimum atomic E-state index is -4.42. The van der Waals surface area contributed by atoms with Crippen LogP contribution in [0, 0.1) is 25.7 Å². The largest absolute Gasteiger partial charge is 0.416 e. The fourth-order valence-electron chi connectivity index (χ4n) is 4.91. The fourth-order valence-corrected chi connectivity index (χ4v) is 4.91. The number of pyridine rings is 1. The highest BCUT2D eigenvalue weighted by Gasteiger charge is 2.55. The molecule has 3 heterocycles. The van der Waals surface area contributed by atoms with Crippen molar-refractivity contribution in [3.63, 3.8) is 0 Å². The number of halogens is 3. The van der Waals surface area contributed by atoms with E-state index in [0.717, 1.165) is 6.07 Å². The summed E-state index contributed by atoms with van der Waals surface area (Å²) in [6.45, 7) is 6.30. The minimum absolute atomic E-state index is 0.109. The first-order valence-corrected chi connectivity index (χ1v) is 10.6. The third kappa shape index (κ3) is 3.44. The minimum Gasteiger partial charge on any atom is -0.381 e. The van der Waals surface area contributed by atoms with Crippen LogP contribution in [0.15, 0.2) is 35.3 Å². The second kappa shape index (κ2) is 7.30. The zero-order valence-electron chi connectivity index (χ0n) is 17.9. The molecule has 6 nitrogen and oxygen atoms in total. The van der Waals surface area contributed by atoms with Crippen molar-refractivity contribution in [1.29, 1.82) is 0 Å². The molecule has 32 heavy (non-hydrogen) atoms. The van der Waals surface area contributed by atoms with E-state index >= 15 is 0 Å². The number of aromatic nitrogens is 3. The summed E-state index contributed by atoms with van der Waals surface area (Å²) in [7, 11) is 0. The summed E-state index contributed by atoms with van der Waals surface area (Å²) in [5.74, 6) is 1.66. The number of ether oxygens (including phenoxy) is 1. The zero-order valence-corrected chi connectivity index (χ0v) is 17.9. The van der Waals surface area contributed by atoms with E-state index in [-0.39, 0.29) is 17.2 Å². The molecule has 0 radical (unpaired) electrons. The van der Waals surface area contributed by atoms with Crippen molar-refractivity contribution in [1.82, 2.24) is 14.5 Å². The molecule has 5 rings (SSSR count). The standard InChI is InChI=1S/C23H23F3N4O2/c1-11-14(5-4-6-18(11)23(24,25)26)12(2)27-22-15-8-30(21-16-9-32-10-17(16)21)20(31)7-19(15)28-13(3)29-22/h4-8,12,16-17,21H,9-10H2,1-3H3,(H,27,28,29)/t12-,16-,17+,21+/m1/s1. The molecule has 1 aromatic carbocycles. The van der Waals surface area contributed by atoms with Gasteiger partial charge in [-0.05, 0) is 38.0 Å². The van der Waals surface area contributed by atoms with Gasteiger partial charge in [-0.3, -0.25) is 4.79 Å². The average Bonchev–Trinajstić information content (AvgIpc) is 3.16. The van der Waals surface area contributed by atoms with Crippen LogP contribution >= 0.6 is 0 Å². The zero-order chi connectivity index (χ0) is 22.8. The van der Waals surface area contributed by atoms with E-state index in [2.05, 4.69) is 15.3 Å². The smallest absolute Gasteiger partial charge is 0.381 e. The molecule has 2 fully saturated rings. The number of alkyl halides is 3. The number of hydrogen-bond acceptors (Lipinski definition) is 5. The molecule has 1 saturated heterocycles. The Morgan fingerprint density at radius 3 is 2.59 bits per heavy atom. The summed E-state index contributed by atoms with van der Waals surface area (Å²) in [6.07, 6.45) is -2.64. The highest BCUT2D eigenvalue weighted by atomic mass is 19.4. The molecule has 9 heteroatoms. The van der Waals surface area contributed by atoms with E-state index < -0.39 is 17.8 Å². The second-order valence-corrected chi connectivity index (χ2v) is 8.68. The first-order valence-electron chi connectivity index (χ1n) is 10.6. The van der Waals surface area contributed by atoms with Crippen LogP contribution in [0.5, 0.6) is 0 Å². The van der Waals surface area contributed by atoms with Crippen molar-refractivity contribution in [3.8, 4) is 0 Å². The van der Waals surface area contributed by atoms with Gasteiger partial charge in [-0.15, -0.1) is 0 Å². The highest BCUT2D eigenvalue weighted by molar-refractivity contribution is 5.88. The molecule has 2 aromatic heterocycles. The molecule has 1 aliphatic carbocycles. The Morgan fingerprint density at radius 2 is 1.91 bits per heavy atom. The summed E-state index contributed by atoms with van der Waals surface area (Å²) < 4.78 is 47.2. The van der Waals surface area contributed by atoms with E-state index in [1.165, 1.54) is 19.1 Å². The maximum Gasteiger partial charge on any atom is 0.416 e. The lowest BCUT2D eigenvalue weighted by molar-refractivity contribution is -0.138. The Balaban J connectivity index is 1.54. The Kier molecular flexibility index (Phi) is 4.77. The van der Waals surface area contributed by atoms with Crippen LogP contribution in [0.25, 0.3) is 10.9 Å². The van der Waals surface area contributed by atoms with Crippen LogP contribution in [-0.4, -0.2) is 27.7 Å². The lowest BCUT2D eigenvalue weighted by Gasteiger charge is -2.21. The van der Waals surface area contributed by atoms with Gasteiger partial charge in [0.1, 0.15) is 11.6 Å². The molecule has 1 N–H and O–H groups in total. The summed E-state index contributed by atoms with van der Waals surface area (Å²) in [6, 6.07) is 5.36. The van der Waals surface area contributed by atoms with Gasteiger partial charge >= 0.3 is 6.18 Å². The molecular formula is C23H23F3N4O2. The van der Waals surface area contributed by atoms with Crippen LogP contribution in [0.4, 0.5) is 19.0 Å². The topological polar surface area (TPSA) is 69.0 Å². The molecule has 0 amide bonds. The molecule has 1 saturated carbocycles. The van der Waals surface area contributed by atoms with E-state index in [4.69, 9.17) is 4.74 Å². The van der Waals surface area contributed by atoms with Gasteiger partial charge in [0.25, 0.3) is 5.56 Å². The summed E-state index contributed by atoms with van der Waals surface area (Å²) in [5, 5.41) is 3.92. The predicted molar refractivity (Wildman–Crippen MR) is 114 cm³/mol. The lowest BCUT2D eigenvalue weighted by Crippen LogP contribution is -2.21. The van der Waals surface area contributed by atoms with Gasteiger partial charge in [-0.25, -0.2) is 9.97 Å². The molecule has 2 aliphatic rings. The van der Waals surface area contributed by atoms with Crippen molar-refractivity contribution in [3.05, 3.63) is 63.3 Å². The summed E-state index contributed by atoms with van der Waals surface area (Å²) >= 11 is 0. The number of hydrogen-bond donors (Lipinski definition) is 1. The summed E-state index contributed by atoms with van der Waals surface area (Å²) in [5.41, 5.74) is 0.451. The van der Waals surface area contributed by atoms with Gasteiger partial charge < -0.3 is 14.6 Å². The Morgan fingerprint density at radius 1 is 1.19 bits per heavy atom. The maximum atomic E-state index is 13.4. The highest BCUT2D eigenvalue weighted by Crippen LogP contribution is 2.53. The van der Waals surface area contributed by atoms with Crippen LogP contribution in [0.2, 0.25) is 0 Å². The number of fused-ring (bicyclic) bond motifs is 2. The van der Waals surface area contributed by atoms with Gasteiger partial charge in [0.15, 0.2) is 0 Å². The van der Waals surface area contributed by atoms with Crippen LogP contribution in [-0.2, 0) is 10.9 Å². The first kappa shape index (κ1) is 20.9. The van der Waals surface area contributed by atoms with Gasteiger partial charge in [0.2, 0.25) is 0 Å². The number of nitrogens with one attached hydrogen (secondary N) is 1. The van der Waals surface area contributed by atoms with Gasteiger partial charge in [-0.1, -0.05) is 12.1 Å². The Labute approximate surface area is 182 Å². The SMILES string of the molecule is Cc1nc(N[C@H](C)c2cccc(C(F)(F)F)c2C)c2cn([C@H]3[C@@H]4COC[C@@H]43)c(=O)cc2n1. The van der Waals surface area contributed by atoms with E-state index in [1.54, 1.807) is 30.7 Å². The molecule has 0 unspecified atom stereocenters. The molecular weight excluding hydrogens is 421 g/mol. The molecule has 1 aliphatic heterocycles. The number of nitrogens with zero attached hydrogens (tertiary/aromatic N) is 3. The van der Waals surface area contributed by atoms with E-state index in [0.29, 0.717) is 53.2 Å². The third-order valence-electron chi connectivity index (χ3n) is 6.60. The van der Waals surface area contributed by atoms with Crippen LogP contribution in [0.1, 0.15) is 41.5 Å². The monoisotopic (exact) mass is 444 g/mol. The van der Waals surface area contributed by atoms with Crippen molar-refractivity contribution < 1.29 is 17.9 Å². The average molecular weight is 444 g/mol. The number of benzene rings is 1. The second-order valence-electron chi connectivity index (χ2n) is 8.68. The van der Waals surface area contributed by atoms with E-state index in [1.807, 2.05) is 0 Å². The van der Waals surface area contributed by atoms with Crippen LogP contribution in [0.3, 0.4) is 0 Å². The molecule has 0 spiro atoms. The van der Waals surface area contributed by atoms with Crippen molar-refractivity contribution in [2.24, 2.45) is 11.8 Å². The number of aryl methyl sites for hydroxylation is 1. The van der Waals surface area contributed by atoms with Gasteiger partial charge in [-0.2, -0.15) is 13.2 Å². The van der Waals surface area contributed by atoms with Crippen molar-refractivity contribution >= 4 is 16.7 Å². The first-order chi connectivity index (χ1) is 15.1. The third-order valence-corrected chi connectivity index (χ3v) is 6.60. The Hall–Kier alpha value is -2.94. The van der Waals surface area contributed by atoms with Crippen molar-refractivity contribution in [2.75, 3.05) is 18.5 Å². The lowest BCUT2D eigenvalue weighted by atomic mass is 9.97. The summed E-state index contributed by atoms with van der Waals surface area (Å²) in [4.78, 5) is 21.6. The molecule has 3 aromatic rings. The molecule has 168 valence electrons. The van der Waals surface area contributed by atoms with Gasteiger partial charge in [0.05, 0.1) is 35.7 Å².